The number of urea groups is 1. The summed E-state index contributed by atoms with van der Waals surface area (Å²) in [5.41, 5.74) is 3.08. The maximum absolute atomic E-state index is 13.0. The third-order valence-corrected chi connectivity index (χ3v) is 5.47. The lowest BCUT2D eigenvalue weighted by molar-refractivity contribution is 0.0850. The lowest BCUT2D eigenvalue weighted by Crippen LogP contribution is -2.41. The molecule has 2 heterocycles. The van der Waals surface area contributed by atoms with Gasteiger partial charge in [-0.3, -0.25) is 0 Å². The number of piperidine rings is 1. The molecule has 0 aliphatic carbocycles. The minimum atomic E-state index is -0.199. The number of benzene rings is 2. The molecule has 1 aromatic heterocycles. The van der Waals surface area contributed by atoms with Crippen molar-refractivity contribution in [2.45, 2.75) is 51.9 Å². The Bertz CT molecular complexity index is 989. The third kappa shape index (κ3) is 5.49. The van der Waals surface area contributed by atoms with E-state index in [0.717, 1.165) is 36.9 Å². The number of rotatable bonds is 7. The molecule has 7 nitrogen and oxygen atoms in total. The van der Waals surface area contributed by atoms with Crippen molar-refractivity contribution in [3.63, 3.8) is 0 Å². The molecule has 1 fully saturated rings. The zero-order chi connectivity index (χ0) is 21.5. The number of carbonyl (C=O) groups excluding carboxylic acids is 1. The van der Waals surface area contributed by atoms with E-state index in [4.69, 9.17) is 9.26 Å². The first-order chi connectivity index (χ1) is 15.2. The van der Waals surface area contributed by atoms with Crippen molar-refractivity contribution < 1.29 is 14.1 Å². The number of likely N-dealkylation sites (tertiary alicyclic amines) is 1. The number of carbonyl (C=O) groups is 1. The Hall–Kier alpha value is -3.19. The molecule has 31 heavy (non-hydrogen) atoms. The van der Waals surface area contributed by atoms with E-state index in [0.29, 0.717) is 24.9 Å². The van der Waals surface area contributed by atoms with E-state index >= 15 is 0 Å². The summed E-state index contributed by atoms with van der Waals surface area (Å²) in [6.07, 6.45) is 3.72. The zero-order valence-corrected chi connectivity index (χ0v) is 17.8. The normalized spacial score (nSPS) is 16.3. The second-order valence-electron chi connectivity index (χ2n) is 7.71. The van der Waals surface area contributed by atoms with Gasteiger partial charge in [0.25, 0.3) is 5.89 Å². The molecular formula is C24H28N4O3. The minimum absolute atomic E-state index is 0.135. The highest BCUT2D eigenvalue weighted by atomic mass is 16.5. The van der Waals surface area contributed by atoms with Gasteiger partial charge in [-0.05, 0) is 48.9 Å². The zero-order valence-electron chi connectivity index (χ0n) is 17.8. The van der Waals surface area contributed by atoms with Gasteiger partial charge in [0.1, 0.15) is 6.61 Å². The van der Waals surface area contributed by atoms with Crippen molar-refractivity contribution >= 4 is 11.7 Å². The molecule has 1 N–H and O–H groups in total. The molecule has 2 aromatic carbocycles. The highest BCUT2D eigenvalue weighted by Crippen LogP contribution is 2.30. The number of amides is 2. The largest absolute Gasteiger partial charge is 0.367 e. The van der Waals surface area contributed by atoms with Crippen molar-refractivity contribution in [3.05, 3.63) is 77.4 Å². The molecule has 7 heteroatoms. The van der Waals surface area contributed by atoms with Gasteiger partial charge < -0.3 is 19.5 Å². The van der Waals surface area contributed by atoms with Crippen LogP contribution in [-0.4, -0.2) is 27.6 Å². The van der Waals surface area contributed by atoms with Crippen molar-refractivity contribution in [1.82, 2.24) is 15.0 Å². The molecule has 2 amide bonds. The van der Waals surface area contributed by atoms with Gasteiger partial charge in [-0.1, -0.05) is 54.5 Å². The van der Waals surface area contributed by atoms with Crippen molar-refractivity contribution in [3.8, 4) is 0 Å². The molecule has 0 radical (unpaired) electrons. The molecule has 0 bridgehead atoms. The highest BCUT2D eigenvalue weighted by molar-refractivity contribution is 5.89. The molecule has 1 atom stereocenters. The number of ether oxygens (including phenoxy) is 1. The smallest absolute Gasteiger partial charge is 0.322 e. The maximum Gasteiger partial charge on any atom is 0.322 e. The van der Waals surface area contributed by atoms with Crippen LogP contribution in [0.5, 0.6) is 0 Å². The van der Waals surface area contributed by atoms with E-state index < -0.39 is 0 Å². The van der Waals surface area contributed by atoms with Crippen LogP contribution in [0.1, 0.15) is 55.1 Å². The van der Waals surface area contributed by atoms with Gasteiger partial charge in [0.15, 0.2) is 5.82 Å². The first kappa shape index (κ1) is 21.1. The fourth-order valence-corrected chi connectivity index (χ4v) is 3.80. The van der Waals surface area contributed by atoms with E-state index in [1.807, 2.05) is 53.4 Å². The fourth-order valence-electron chi connectivity index (χ4n) is 3.80. The molecule has 3 aromatic rings. The van der Waals surface area contributed by atoms with Gasteiger partial charge in [0, 0.05) is 12.2 Å². The van der Waals surface area contributed by atoms with Crippen LogP contribution >= 0.6 is 0 Å². The topological polar surface area (TPSA) is 80.5 Å². The quantitative estimate of drug-likeness (QED) is 0.575. The van der Waals surface area contributed by atoms with Crippen LogP contribution in [0.15, 0.2) is 59.1 Å². The Labute approximate surface area is 182 Å². The Morgan fingerprint density at radius 1 is 1.13 bits per heavy atom. The average molecular weight is 421 g/mol. The molecular weight excluding hydrogens is 392 g/mol. The first-order valence-electron chi connectivity index (χ1n) is 10.8. The number of aromatic nitrogens is 2. The van der Waals surface area contributed by atoms with Gasteiger partial charge >= 0.3 is 6.03 Å². The van der Waals surface area contributed by atoms with Gasteiger partial charge in [-0.2, -0.15) is 4.98 Å². The Morgan fingerprint density at radius 3 is 2.81 bits per heavy atom. The van der Waals surface area contributed by atoms with Crippen LogP contribution < -0.4 is 5.32 Å². The molecule has 1 saturated heterocycles. The van der Waals surface area contributed by atoms with Crippen molar-refractivity contribution in [2.75, 3.05) is 11.9 Å². The summed E-state index contributed by atoms with van der Waals surface area (Å²) in [7, 11) is 0. The highest BCUT2D eigenvalue weighted by Gasteiger charge is 2.31. The van der Waals surface area contributed by atoms with Gasteiger partial charge in [0.05, 0.1) is 12.6 Å². The number of hydrogen-bond acceptors (Lipinski definition) is 5. The third-order valence-electron chi connectivity index (χ3n) is 5.47. The number of nitrogens with zero attached hydrogens (tertiary/aromatic N) is 3. The van der Waals surface area contributed by atoms with Crippen LogP contribution in [-0.2, 0) is 24.4 Å². The SMILES string of the molecule is CCc1cccc(NC(=O)N2CCCCC2c2noc(COCc3ccccc3)n2)c1. The number of anilines is 1. The van der Waals surface area contributed by atoms with Crippen LogP contribution in [0.4, 0.5) is 10.5 Å². The van der Waals surface area contributed by atoms with E-state index in [2.05, 4.69) is 28.4 Å². The molecule has 4 rings (SSSR count). The summed E-state index contributed by atoms with van der Waals surface area (Å²) < 4.78 is 11.1. The standard InChI is InChI=1S/C24H28N4O3/c1-2-18-11-8-12-20(15-18)25-24(29)28-14-7-6-13-21(28)23-26-22(31-27-23)17-30-16-19-9-4-3-5-10-19/h3-5,8-12,15,21H,2,6-7,13-14,16-17H2,1H3,(H,25,29). The molecule has 1 aliphatic heterocycles. The molecule has 1 unspecified atom stereocenters. The molecule has 0 saturated carbocycles. The Balaban J connectivity index is 1.38. The predicted octanol–water partition coefficient (Wildman–Crippen LogP) is 5.11. The summed E-state index contributed by atoms with van der Waals surface area (Å²) in [5, 5.41) is 7.17. The number of nitrogens with one attached hydrogen (secondary N) is 1. The summed E-state index contributed by atoms with van der Waals surface area (Å²) in [5.74, 6) is 0.961. The predicted molar refractivity (Wildman–Crippen MR) is 117 cm³/mol. The maximum atomic E-state index is 13.0. The molecule has 1 aliphatic rings. The first-order valence-corrected chi connectivity index (χ1v) is 10.8. The lowest BCUT2D eigenvalue weighted by atomic mass is 10.0. The van der Waals surface area contributed by atoms with Crippen LogP contribution in [0.3, 0.4) is 0 Å². The van der Waals surface area contributed by atoms with Crippen LogP contribution in [0, 0.1) is 0 Å². The van der Waals surface area contributed by atoms with Gasteiger partial charge in [0.2, 0.25) is 0 Å². The second kappa shape index (κ2) is 10.2. The monoisotopic (exact) mass is 420 g/mol. The van der Waals surface area contributed by atoms with Crippen molar-refractivity contribution in [1.29, 1.82) is 0 Å². The van der Waals surface area contributed by atoms with Crippen molar-refractivity contribution in [2.24, 2.45) is 0 Å². The second-order valence-corrected chi connectivity index (χ2v) is 7.71. The van der Waals surface area contributed by atoms with Crippen LogP contribution in [0.2, 0.25) is 0 Å². The van der Waals surface area contributed by atoms with E-state index in [-0.39, 0.29) is 18.7 Å². The van der Waals surface area contributed by atoms with E-state index in [1.54, 1.807) is 0 Å². The van der Waals surface area contributed by atoms with Crippen LogP contribution in [0.25, 0.3) is 0 Å². The summed E-state index contributed by atoms with van der Waals surface area (Å²) >= 11 is 0. The van der Waals surface area contributed by atoms with E-state index in [9.17, 15) is 4.79 Å². The number of aryl methyl sites for hydroxylation is 1. The Morgan fingerprint density at radius 2 is 1.97 bits per heavy atom. The fraction of sp³-hybridized carbons (Fsp3) is 0.375. The number of hydrogen-bond donors (Lipinski definition) is 1. The van der Waals surface area contributed by atoms with Gasteiger partial charge in [-0.15, -0.1) is 0 Å². The summed E-state index contributed by atoms with van der Waals surface area (Å²) in [4.78, 5) is 19.3. The lowest BCUT2D eigenvalue weighted by Gasteiger charge is -2.33. The minimum Gasteiger partial charge on any atom is -0.367 e. The summed E-state index contributed by atoms with van der Waals surface area (Å²) in [6, 6.07) is 17.5. The Kier molecular flexibility index (Phi) is 6.94. The van der Waals surface area contributed by atoms with Gasteiger partial charge in [-0.25, -0.2) is 4.79 Å². The average Bonchev–Trinajstić information content (AvgIpc) is 3.29. The molecule has 162 valence electrons. The summed E-state index contributed by atoms with van der Waals surface area (Å²) in [6.45, 7) is 3.48. The van der Waals surface area contributed by atoms with E-state index in [1.165, 1.54) is 5.56 Å². The molecule has 0 spiro atoms.